The van der Waals surface area contributed by atoms with Gasteiger partial charge in [0, 0.05) is 0 Å². The van der Waals surface area contributed by atoms with Crippen LogP contribution in [0.4, 0.5) is 0 Å². The summed E-state index contributed by atoms with van der Waals surface area (Å²) in [4.78, 5) is 21.7. The second-order valence-electron chi connectivity index (χ2n) is 3.26. The van der Waals surface area contributed by atoms with Gasteiger partial charge in [0.2, 0.25) is 0 Å². The van der Waals surface area contributed by atoms with E-state index >= 15 is 0 Å². The summed E-state index contributed by atoms with van der Waals surface area (Å²) < 4.78 is 0. The van der Waals surface area contributed by atoms with Crippen molar-refractivity contribution in [1.29, 1.82) is 0 Å². The van der Waals surface area contributed by atoms with Crippen LogP contribution in [0, 0.1) is 5.41 Å². The van der Waals surface area contributed by atoms with Gasteiger partial charge in [-0.2, -0.15) is 0 Å². The molecule has 0 atom stereocenters. The fourth-order valence-corrected chi connectivity index (χ4v) is 1.51. The highest BCUT2D eigenvalue weighted by molar-refractivity contribution is 5.98. The van der Waals surface area contributed by atoms with Crippen molar-refractivity contribution in [3.63, 3.8) is 0 Å². The molecule has 0 aromatic carbocycles. The zero-order valence-corrected chi connectivity index (χ0v) is 7.19. The fraction of sp³-hybridized carbons (Fsp3) is 0.556. The Bertz CT molecular complexity index is 240. The second kappa shape index (κ2) is 3.60. The third-order valence-corrected chi connectivity index (χ3v) is 2.43. The van der Waals surface area contributed by atoms with Crippen molar-refractivity contribution in [1.82, 2.24) is 0 Å². The molecule has 0 aromatic heterocycles. The Morgan fingerprint density at radius 1 is 1.15 bits per heavy atom. The fourth-order valence-electron chi connectivity index (χ4n) is 1.51. The minimum absolute atomic E-state index is 0.0949. The number of hydrogen-bond acceptors (Lipinski definition) is 2. The summed E-state index contributed by atoms with van der Waals surface area (Å²) >= 11 is 0. The van der Waals surface area contributed by atoms with Crippen LogP contribution in [0.3, 0.4) is 0 Å². The van der Waals surface area contributed by atoms with Crippen LogP contribution >= 0.6 is 0 Å². The molecule has 0 radical (unpaired) electrons. The number of rotatable bonds is 2. The molecule has 1 rings (SSSR count). The lowest BCUT2D eigenvalue weighted by Crippen LogP contribution is -2.38. The Kier molecular flexibility index (Phi) is 2.70. The van der Waals surface area contributed by atoms with Crippen molar-refractivity contribution in [2.45, 2.75) is 25.7 Å². The minimum atomic E-state index is -1.59. The molecule has 4 heteroatoms. The molecule has 0 heterocycles. The molecule has 2 N–H and O–H groups in total. The maximum absolute atomic E-state index is 10.9. The van der Waals surface area contributed by atoms with Crippen LogP contribution in [0.1, 0.15) is 25.7 Å². The van der Waals surface area contributed by atoms with Crippen molar-refractivity contribution in [2.24, 2.45) is 5.41 Å². The van der Waals surface area contributed by atoms with E-state index in [9.17, 15) is 9.59 Å². The van der Waals surface area contributed by atoms with Gasteiger partial charge in [-0.05, 0) is 25.7 Å². The number of carboxylic acid groups (broad SMARTS) is 2. The number of carboxylic acids is 2. The molecule has 0 saturated carbocycles. The Morgan fingerprint density at radius 2 is 1.77 bits per heavy atom. The van der Waals surface area contributed by atoms with Gasteiger partial charge in [0.1, 0.15) is 0 Å². The van der Waals surface area contributed by atoms with Gasteiger partial charge in [0.05, 0.1) is 0 Å². The second-order valence-corrected chi connectivity index (χ2v) is 3.26. The smallest absolute Gasteiger partial charge is 0.321 e. The Balaban J connectivity index is 2.94. The van der Waals surface area contributed by atoms with Crippen LogP contribution in [-0.2, 0) is 9.59 Å². The maximum atomic E-state index is 10.9. The molecule has 4 nitrogen and oxygen atoms in total. The zero-order valence-electron chi connectivity index (χ0n) is 7.19. The van der Waals surface area contributed by atoms with Gasteiger partial charge in [-0.1, -0.05) is 12.2 Å². The molecule has 0 bridgehead atoms. The average molecular weight is 184 g/mol. The molecule has 13 heavy (non-hydrogen) atoms. The van der Waals surface area contributed by atoms with Crippen LogP contribution in [0.5, 0.6) is 0 Å². The van der Waals surface area contributed by atoms with Gasteiger partial charge < -0.3 is 10.2 Å². The molecule has 1 aliphatic carbocycles. The van der Waals surface area contributed by atoms with Crippen molar-refractivity contribution in [3.8, 4) is 0 Å². The van der Waals surface area contributed by atoms with E-state index in [0.29, 0.717) is 6.42 Å². The highest BCUT2D eigenvalue weighted by Gasteiger charge is 2.45. The molecule has 72 valence electrons. The summed E-state index contributed by atoms with van der Waals surface area (Å²) in [5.41, 5.74) is -1.59. The topological polar surface area (TPSA) is 74.6 Å². The summed E-state index contributed by atoms with van der Waals surface area (Å²) in [6.07, 6.45) is 5.18. The van der Waals surface area contributed by atoms with E-state index in [1.807, 2.05) is 6.08 Å². The number of carbonyl (C=O) groups is 2. The third-order valence-electron chi connectivity index (χ3n) is 2.43. The first-order chi connectivity index (χ1) is 6.09. The lowest BCUT2D eigenvalue weighted by molar-refractivity contribution is -0.165. The van der Waals surface area contributed by atoms with Crippen LogP contribution in [-0.4, -0.2) is 22.2 Å². The summed E-state index contributed by atoms with van der Waals surface area (Å²) in [6.45, 7) is 0. The number of allylic oxidation sites excluding steroid dienone is 2. The van der Waals surface area contributed by atoms with Gasteiger partial charge in [-0.3, -0.25) is 9.59 Å². The van der Waals surface area contributed by atoms with Crippen LogP contribution in [0.15, 0.2) is 12.2 Å². The Hall–Kier alpha value is -1.32. The molecular formula is C9H12O4. The van der Waals surface area contributed by atoms with Crippen LogP contribution in [0.2, 0.25) is 0 Å². The van der Waals surface area contributed by atoms with E-state index in [2.05, 4.69) is 0 Å². The van der Waals surface area contributed by atoms with E-state index in [1.165, 1.54) is 0 Å². The van der Waals surface area contributed by atoms with Gasteiger partial charge >= 0.3 is 11.9 Å². The molecule has 0 spiro atoms. The molecule has 0 aromatic rings. The standard InChI is InChI=1S/C9H12O4/c10-7(11)9(8(12)13)5-3-1-2-4-6-9/h1,3H,2,4-6H2,(H,10,11)(H,12,13). The Labute approximate surface area is 75.9 Å². The average Bonchev–Trinajstić information content (AvgIpc) is 2.28. The van der Waals surface area contributed by atoms with Gasteiger partial charge in [0.25, 0.3) is 0 Å². The lowest BCUT2D eigenvalue weighted by atomic mass is 9.81. The largest absolute Gasteiger partial charge is 0.480 e. The van der Waals surface area contributed by atoms with E-state index < -0.39 is 17.4 Å². The summed E-state index contributed by atoms with van der Waals surface area (Å²) in [6, 6.07) is 0. The highest BCUT2D eigenvalue weighted by atomic mass is 16.4. The molecule has 0 aliphatic heterocycles. The van der Waals surface area contributed by atoms with Crippen molar-refractivity contribution in [2.75, 3.05) is 0 Å². The molecule has 1 aliphatic rings. The van der Waals surface area contributed by atoms with Gasteiger partial charge in [-0.15, -0.1) is 0 Å². The molecule has 0 unspecified atom stereocenters. The highest BCUT2D eigenvalue weighted by Crippen LogP contribution is 2.32. The van der Waals surface area contributed by atoms with E-state index in [1.54, 1.807) is 6.08 Å². The van der Waals surface area contributed by atoms with Crippen LogP contribution < -0.4 is 0 Å². The molecule has 0 amide bonds. The Morgan fingerprint density at radius 3 is 2.31 bits per heavy atom. The van der Waals surface area contributed by atoms with Crippen LogP contribution in [0.25, 0.3) is 0 Å². The van der Waals surface area contributed by atoms with Crippen molar-refractivity contribution in [3.05, 3.63) is 12.2 Å². The monoisotopic (exact) mass is 184 g/mol. The van der Waals surface area contributed by atoms with E-state index in [-0.39, 0.29) is 12.8 Å². The predicted octanol–water partition coefficient (Wildman–Crippen LogP) is 1.27. The van der Waals surface area contributed by atoms with Gasteiger partial charge in [0.15, 0.2) is 5.41 Å². The third kappa shape index (κ3) is 1.71. The minimum Gasteiger partial charge on any atom is -0.480 e. The van der Waals surface area contributed by atoms with E-state index in [4.69, 9.17) is 10.2 Å². The first kappa shape index (κ1) is 9.77. The SMILES string of the molecule is O=C(O)C1(C(=O)O)CC=CCCC1. The van der Waals surface area contributed by atoms with E-state index in [0.717, 1.165) is 6.42 Å². The first-order valence-corrected chi connectivity index (χ1v) is 4.21. The zero-order chi connectivity index (χ0) is 9.90. The summed E-state index contributed by atoms with van der Waals surface area (Å²) in [7, 11) is 0. The maximum Gasteiger partial charge on any atom is 0.321 e. The molecule has 0 fully saturated rings. The van der Waals surface area contributed by atoms with Crippen molar-refractivity contribution >= 4 is 11.9 Å². The number of hydrogen-bond donors (Lipinski definition) is 2. The summed E-state index contributed by atoms with van der Waals surface area (Å²) in [5, 5.41) is 17.7. The molecule has 0 saturated heterocycles. The quantitative estimate of drug-likeness (QED) is 0.500. The summed E-state index contributed by atoms with van der Waals surface area (Å²) in [5.74, 6) is -2.46. The predicted molar refractivity (Wildman–Crippen MR) is 45.3 cm³/mol. The number of aliphatic carboxylic acids is 2. The lowest BCUT2D eigenvalue weighted by Gasteiger charge is -2.21. The van der Waals surface area contributed by atoms with Gasteiger partial charge in [-0.25, -0.2) is 0 Å². The van der Waals surface area contributed by atoms with Crippen molar-refractivity contribution < 1.29 is 19.8 Å². The first-order valence-electron chi connectivity index (χ1n) is 4.21. The molecular weight excluding hydrogens is 172 g/mol. The normalized spacial score (nSPS) is 20.6.